The highest BCUT2D eigenvalue weighted by Gasteiger charge is 2.33. The van der Waals surface area contributed by atoms with Gasteiger partial charge < -0.3 is 10.0 Å². The molecule has 6 aromatic carbocycles. The van der Waals surface area contributed by atoms with Crippen LogP contribution in [0.25, 0.3) is 66.1 Å². The number of hydrogen-bond acceptors (Lipinski definition) is 2. The molecule has 1 aromatic heterocycles. The number of aromatic carboxylic acids is 1. The molecule has 0 radical (unpaired) electrons. The molecule has 0 spiro atoms. The molecule has 0 atom stereocenters. The van der Waals surface area contributed by atoms with E-state index in [1.807, 2.05) is 12.1 Å². The number of fused-ring (bicyclic) bond motifs is 2. The molecule has 0 unspecified atom stereocenters. The van der Waals surface area contributed by atoms with Crippen molar-refractivity contribution in [3.05, 3.63) is 120 Å². The Morgan fingerprint density at radius 1 is 0.800 bits per heavy atom. The van der Waals surface area contributed by atoms with Crippen molar-refractivity contribution >= 4 is 66.6 Å². The average molecular weight is 589 g/mol. The molecule has 0 fully saturated rings. The van der Waals surface area contributed by atoms with Gasteiger partial charge in [-0.15, -0.1) is 0 Å². The zero-order chi connectivity index (χ0) is 30.7. The zero-order valence-corrected chi connectivity index (χ0v) is 25.6. The maximum absolute atomic E-state index is 12.4. The Balaban J connectivity index is 1.37. The summed E-state index contributed by atoms with van der Waals surface area (Å²) in [6.45, 7) is 6.09. The van der Waals surface area contributed by atoms with Gasteiger partial charge in [-0.2, -0.15) is 0 Å². The summed E-state index contributed by atoms with van der Waals surface area (Å²) in [7, 11) is 0. The van der Waals surface area contributed by atoms with Gasteiger partial charge in [-0.25, -0.2) is 9.21 Å². The van der Waals surface area contributed by atoms with Gasteiger partial charge in [0.05, 0.1) is 28.2 Å². The number of allylic oxidation sites excluding steroid dienone is 1. The number of carboxylic acid groups (broad SMARTS) is 1. The Morgan fingerprint density at radius 3 is 2.20 bits per heavy atom. The fourth-order valence-corrected chi connectivity index (χ4v) is 7.50. The zero-order valence-electron chi connectivity index (χ0n) is 25.6. The van der Waals surface area contributed by atoms with Crippen molar-refractivity contribution in [2.45, 2.75) is 33.1 Å². The smallest absolute Gasteiger partial charge is 0.363 e. The molecule has 8 rings (SSSR count). The fourth-order valence-electron chi connectivity index (χ4n) is 7.50. The Bertz CT molecular complexity index is 2250. The van der Waals surface area contributed by atoms with Crippen LogP contribution in [0.4, 0.5) is 5.69 Å². The Morgan fingerprint density at radius 2 is 1.49 bits per heavy atom. The van der Waals surface area contributed by atoms with E-state index in [0.29, 0.717) is 5.56 Å². The van der Waals surface area contributed by atoms with Crippen LogP contribution in [0.1, 0.15) is 53.9 Å². The van der Waals surface area contributed by atoms with Crippen LogP contribution < -0.4 is 4.90 Å². The van der Waals surface area contributed by atoms with Crippen LogP contribution in [-0.4, -0.2) is 24.2 Å². The summed E-state index contributed by atoms with van der Waals surface area (Å²) in [6.07, 6.45) is 4.97. The summed E-state index contributed by atoms with van der Waals surface area (Å²) < 4.78 is 6.87. The van der Waals surface area contributed by atoms with E-state index < -0.39 is 5.97 Å². The highest BCUT2D eigenvalue weighted by Crippen LogP contribution is 2.45. The fraction of sp³-hybridized carbons (Fsp3) is 0.171. The minimum atomic E-state index is -0.923. The van der Waals surface area contributed by atoms with Crippen molar-refractivity contribution in [1.29, 1.82) is 0 Å². The first-order valence-electron chi connectivity index (χ1n) is 15.9. The van der Waals surface area contributed by atoms with E-state index in [-0.39, 0.29) is 0 Å². The van der Waals surface area contributed by atoms with Crippen LogP contribution >= 0.6 is 0 Å². The molecule has 4 nitrogen and oxygen atoms in total. The van der Waals surface area contributed by atoms with Gasteiger partial charge in [0.25, 0.3) is 0 Å². The Hall–Kier alpha value is -5.22. The highest BCUT2D eigenvalue weighted by atomic mass is 16.4. The van der Waals surface area contributed by atoms with E-state index in [9.17, 15) is 9.90 Å². The van der Waals surface area contributed by atoms with Gasteiger partial charge in [-0.05, 0) is 113 Å². The summed E-state index contributed by atoms with van der Waals surface area (Å²) in [5.74, 6) is -0.0563. The Kier molecular flexibility index (Phi) is 6.53. The monoisotopic (exact) mass is 588 g/mol. The minimum Gasteiger partial charge on any atom is -0.478 e. The summed E-state index contributed by atoms with van der Waals surface area (Å²) >= 11 is 0. The first-order valence-corrected chi connectivity index (χ1v) is 15.9. The molecule has 0 amide bonds. The second-order valence-corrected chi connectivity index (χ2v) is 12.1. The second-order valence-electron chi connectivity index (χ2n) is 12.1. The van der Waals surface area contributed by atoms with Gasteiger partial charge in [0.15, 0.2) is 0 Å². The van der Waals surface area contributed by atoms with E-state index in [1.54, 1.807) is 12.1 Å². The third-order valence-corrected chi connectivity index (χ3v) is 9.57. The number of nitrogens with zero attached hydrogens (tertiary/aromatic N) is 1. The number of carbonyl (C=O) groups is 1. The molecule has 7 aromatic rings. The summed E-state index contributed by atoms with van der Waals surface area (Å²) in [5, 5.41) is 18.8. The number of rotatable bonds is 6. The largest absolute Gasteiger partial charge is 0.478 e. The molecule has 0 saturated carbocycles. The predicted octanol–water partition coefficient (Wildman–Crippen LogP) is 10.7. The molecular formula is C41H34NO3+. The molecular weight excluding hydrogens is 554 g/mol. The minimum absolute atomic E-state index is 0.308. The van der Waals surface area contributed by atoms with Crippen LogP contribution in [0.2, 0.25) is 0 Å². The second kappa shape index (κ2) is 10.7. The number of benzene rings is 6. The molecule has 0 bridgehead atoms. The van der Waals surface area contributed by atoms with Crippen LogP contribution in [0.5, 0.6) is 0 Å². The molecule has 1 N–H and O–H groups in total. The predicted molar refractivity (Wildman–Crippen MR) is 188 cm³/mol. The third kappa shape index (κ3) is 4.43. The van der Waals surface area contributed by atoms with Crippen LogP contribution in [0, 0.1) is 0 Å². The van der Waals surface area contributed by atoms with E-state index in [1.165, 1.54) is 32.3 Å². The van der Waals surface area contributed by atoms with E-state index in [4.69, 9.17) is 4.42 Å². The van der Waals surface area contributed by atoms with E-state index in [2.05, 4.69) is 97.6 Å². The van der Waals surface area contributed by atoms with Crippen LogP contribution in [0.3, 0.4) is 0 Å². The lowest BCUT2D eigenvalue weighted by atomic mass is 9.83. The molecule has 0 saturated heterocycles. The van der Waals surface area contributed by atoms with Gasteiger partial charge in [0, 0.05) is 24.3 Å². The lowest BCUT2D eigenvalue weighted by molar-refractivity contribution is 0.0697. The molecule has 1 aliphatic rings. The molecule has 1 aliphatic carbocycles. The van der Waals surface area contributed by atoms with E-state index >= 15 is 0 Å². The number of carboxylic acids is 1. The summed E-state index contributed by atoms with van der Waals surface area (Å²) in [5.41, 5.74) is 7.26. The lowest BCUT2D eigenvalue weighted by Gasteiger charge is -2.21. The SMILES string of the molecule is CCN(CC)c1ccc2c(-c3ccccc3C(=O)O)c3c([o+]c2c1)/C(=C/c1cc2ccc4cccc5ccc(c1)c2c45)CCC3. The average Bonchev–Trinajstić information content (AvgIpc) is 3.07. The first kappa shape index (κ1) is 27.3. The third-order valence-electron chi connectivity index (χ3n) is 9.57. The number of anilines is 1. The molecule has 1 heterocycles. The van der Waals surface area contributed by atoms with Gasteiger partial charge in [-0.1, -0.05) is 60.7 Å². The van der Waals surface area contributed by atoms with Gasteiger partial charge in [0.1, 0.15) is 0 Å². The van der Waals surface area contributed by atoms with Crippen LogP contribution in [0.15, 0.2) is 101 Å². The van der Waals surface area contributed by atoms with Crippen LogP contribution in [-0.2, 0) is 6.42 Å². The van der Waals surface area contributed by atoms with E-state index in [0.717, 1.165) is 82.6 Å². The highest BCUT2D eigenvalue weighted by molar-refractivity contribution is 6.23. The summed E-state index contributed by atoms with van der Waals surface area (Å²) in [4.78, 5) is 14.7. The Labute approximate surface area is 262 Å². The van der Waals surface area contributed by atoms with Crippen molar-refractivity contribution in [2.24, 2.45) is 0 Å². The molecule has 4 heteroatoms. The first-order chi connectivity index (χ1) is 22.0. The van der Waals surface area contributed by atoms with Crippen molar-refractivity contribution in [1.82, 2.24) is 0 Å². The summed E-state index contributed by atoms with van der Waals surface area (Å²) in [6, 6.07) is 33.7. The van der Waals surface area contributed by atoms with Crippen molar-refractivity contribution in [3.63, 3.8) is 0 Å². The van der Waals surface area contributed by atoms with Crippen molar-refractivity contribution in [3.8, 4) is 11.1 Å². The molecule has 0 aliphatic heterocycles. The molecule has 220 valence electrons. The van der Waals surface area contributed by atoms with Gasteiger partial charge in [0.2, 0.25) is 0 Å². The molecule has 45 heavy (non-hydrogen) atoms. The normalized spacial score (nSPS) is 14.1. The topological polar surface area (TPSA) is 51.8 Å². The van der Waals surface area contributed by atoms with Crippen molar-refractivity contribution in [2.75, 3.05) is 18.0 Å². The van der Waals surface area contributed by atoms with Crippen molar-refractivity contribution < 1.29 is 14.3 Å². The van der Waals surface area contributed by atoms with Gasteiger partial charge in [-0.3, -0.25) is 0 Å². The quantitative estimate of drug-likeness (QED) is 0.155. The van der Waals surface area contributed by atoms with Gasteiger partial charge >= 0.3 is 17.3 Å². The maximum atomic E-state index is 12.4. The lowest BCUT2D eigenvalue weighted by Crippen LogP contribution is -2.21. The standard InChI is InChI=1S/C41H33NO3/c1-3-42(4-2)31-19-20-34-36(24-31)45-40-30(11-8-14-35(40)39(34)32-12-5-6-13-33(32)41(43)44)23-25-21-28-17-15-26-9-7-10-27-16-18-29(22-25)38(28)37(26)27/h5-7,9-10,12-13,15-24H,3-4,8,11,14H2,1-2H3/p+1/b30-23+. The maximum Gasteiger partial charge on any atom is 0.363 e. The number of hydrogen-bond donors (Lipinski definition) is 1.